The van der Waals surface area contributed by atoms with E-state index in [-0.39, 0.29) is 13.0 Å². The lowest BCUT2D eigenvalue weighted by Gasteiger charge is -2.23. The molecular formula is C13H19NO3. The van der Waals surface area contributed by atoms with Crippen molar-refractivity contribution in [1.82, 2.24) is 0 Å². The van der Waals surface area contributed by atoms with Crippen LogP contribution >= 0.6 is 0 Å². The van der Waals surface area contributed by atoms with Gasteiger partial charge in [0.15, 0.2) is 0 Å². The maximum absolute atomic E-state index is 10.6. The molecule has 1 aromatic carbocycles. The van der Waals surface area contributed by atoms with Crippen molar-refractivity contribution in [3.05, 3.63) is 29.3 Å². The fraction of sp³-hybridized carbons (Fsp3) is 0.462. The van der Waals surface area contributed by atoms with Crippen LogP contribution in [-0.4, -0.2) is 28.3 Å². The minimum Gasteiger partial charge on any atom is -0.481 e. The van der Waals surface area contributed by atoms with Gasteiger partial charge >= 0.3 is 5.97 Å². The average molecular weight is 237 g/mol. The molecule has 0 fully saturated rings. The molecule has 4 nitrogen and oxygen atoms in total. The zero-order chi connectivity index (χ0) is 13.1. The summed E-state index contributed by atoms with van der Waals surface area (Å²) >= 11 is 0. The van der Waals surface area contributed by atoms with Gasteiger partial charge in [0, 0.05) is 12.2 Å². The zero-order valence-corrected chi connectivity index (χ0v) is 10.4. The van der Waals surface area contributed by atoms with Crippen molar-refractivity contribution in [2.24, 2.45) is 0 Å². The van der Waals surface area contributed by atoms with Crippen molar-refractivity contribution in [1.29, 1.82) is 0 Å². The first kappa shape index (κ1) is 13.5. The van der Waals surface area contributed by atoms with Gasteiger partial charge < -0.3 is 15.5 Å². The Morgan fingerprint density at radius 1 is 1.41 bits per heavy atom. The molecule has 1 unspecified atom stereocenters. The van der Waals surface area contributed by atoms with E-state index in [1.807, 2.05) is 32.0 Å². The molecule has 0 aliphatic heterocycles. The van der Waals surface area contributed by atoms with Crippen LogP contribution in [0, 0.1) is 13.8 Å². The number of hydrogen-bond donors (Lipinski definition) is 3. The van der Waals surface area contributed by atoms with Crippen LogP contribution in [0.3, 0.4) is 0 Å². The third-order valence-corrected chi connectivity index (χ3v) is 2.58. The Morgan fingerprint density at radius 3 is 2.65 bits per heavy atom. The Labute approximate surface area is 101 Å². The summed E-state index contributed by atoms with van der Waals surface area (Å²) in [4.78, 5) is 10.6. The molecule has 0 aromatic heterocycles. The van der Waals surface area contributed by atoms with Gasteiger partial charge in [-0.15, -0.1) is 0 Å². The number of carbonyl (C=O) groups is 1. The maximum Gasteiger partial charge on any atom is 0.306 e. The predicted octanol–water partition coefficient (Wildman–Crippen LogP) is 1.94. The molecule has 4 heteroatoms. The number of benzene rings is 1. The summed E-state index contributed by atoms with van der Waals surface area (Å²) < 4.78 is 0. The molecule has 0 aliphatic rings. The number of aryl methyl sites for hydroxylation is 2. The lowest BCUT2D eigenvalue weighted by molar-refractivity contribution is -0.141. The molecule has 1 atom stereocenters. The highest BCUT2D eigenvalue weighted by Gasteiger charge is 2.23. The molecule has 94 valence electrons. The number of rotatable bonds is 5. The number of aliphatic hydroxyl groups is 1. The molecule has 17 heavy (non-hydrogen) atoms. The largest absolute Gasteiger partial charge is 0.481 e. The van der Waals surface area contributed by atoms with Crippen LogP contribution in [0.4, 0.5) is 5.69 Å². The van der Waals surface area contributed by atoms with Gasteiger partial charge in [-0.1, -0.05) is 12.1 Å². The van der Waals surface area contributed by atoms with Crippen LogP contribution in [0.25, 0.3) is 0 Å². The standard InChI is InChI=1S/C13H19NO3/c1-9-4-5-10(2)11(6-9)14-8-13(3,17)7-12(15)16/h4-6,14,17H,7-8H2,1-3H3,(H,15,16). The van der Waals surface area contributed by atoms with E-state index in [0.717, 1.165) is 16.8 Å². The smallest absolute Gasteiger partial charge is 0.306 e. The van der Waals surface area contributed by atoms with E-state index >= 15 is 0 Å². The van der Waals surface area contributed by atoms with Crippen molar-refractivity contribution < 1.29 is 15.0 Å². The maximum atomic E-state index is 10.6. The molecule has 0 saturated carbocycles. The van der Waals surface area contributed by atoms with E-state index in [4.69, 9.17) is 5.11 Å². The first-order chi connectivity index (χ1) is 7.80. The number of aliphatic carboxylic acids is 1. The van der Waals surface area contributed by atoms with E-state index < -0.39 is 11.6 Å². The Balaban J connectivity index is 2.66. The number of carboxylic acids is 1. The number of anilines is 1. The van der Waals surface area contributed by atoms with Gasteiger partial charge in [-0.25, -0.2) is 0 Å². The van der Waals surface area contributed by atoms with Crippen LogP contribution in [0.1, 0.15) is 24.5 Å². The summed E-state index contributed by atoms with van der Waals surface area (Å²) in [5, 5.41) is 21.6. The van der Waals surface area contributed by atoms with E-state index in [1.54, 1.807) is 0 Å². The quantitative estimate of drug-likeness (QED) is 0.732. The molecular weight excluding hydrogens is 218 g/mol. The van der Waals surface area contributed by atoms with E-state index in [2.05, 4.69) is 5.32 Å². The van der Waals surface area contributed by atoms with Gasteiger partial charge in [0.25, 0.3) is 0 Å². The van der Waals surface area contributed by atoms with Crippen molar-refractivity contribution in [2.75, 3.05) is 11.9 Å². The fourth-order valence-electron chi connectivity index (χ4n) is 1.60. The monoisotopic (exact) mass is 237 g/mol. The molecule has 0 spiro atoms. The Bertz CT molecular complexity index is 413. The summed E-state index contributed by atoms with van der Waals surface area (Å²) in [5.41, 5.74) is 1.87. The molecule has 0 saturated heterocycles. The van der Waals surface area contributed by atoms with Crippen LogP contribution in [0.15, 0.2) is 18.2 Å². The van der Waals surface area contributed by atoms with E-state index in [0.29, 0.717) is 0 Å². The molecule has 0 aliphatic carbocycles. The third-order valence-electron chi connectivity index (χ3n) is 2.58. The van der Waals surface area contributed by atoms with Gasteiger partial charge in [0.05, 0.1) is 12.0 Å². The molecule has 1 rings (SSSR count). The summed E-state index contributed by atoms with van der Waals surface area (Å²) in [7, 11) is 0. The number of carboxylic acid groups (broad SMARTS) is 1. The molecule has 0 radical (unpaired) electrons. The van der Waals surface area contributed by atoms with Crippen molar-refractivity contribution in [3.8, 4) is 0 Å². The highest BCUT2D eigenvalue weighted by Crippen LogP contribution is 2.18. The highest BCUT2D eigenvalue weighted by molar-refractivity contribution is 5.68. The summed E-state index contributed by atoms with van der Waals surface area (Å²) in [6.07, 6.45) is -0.273. The Hall–Kier alpha value is -1.55. The van der Waals surface area contributed by atoms with Crippen molar-refractivity contribution in [2.45, 2.75) is 32.8 Å². The van der Waals surface area contributed by atoms with Crippen molar-refractivity contribution in [3.63, 3.8) is 0 Å². The SMILES string of the molecule is Cc1ccc(C)c(NCC(C)(O)CC(=O)O)c1. The molecule has 3 N–H and O–H groups in total. The highest BCUT2D eigenvalue weighted by atomic mass is 16.4. The minimum atomic E-state index is -1.25. The van der Waals surface area contributed by atoms with Gasteiger partial charge in [-0.05, 0) is 38.0 Å². The second kappa shape index (κ2) is 5.19. The lowest BCUT2D eigenvalue weighted by atomic mass is 10.0. The number of nitrogens with one attached hydrogen (secondary N) is 1. The zero-order valence-electron chi connectivity index (χ0n) is 10.4. The summed E-state index contributed by atoms with van der Waals surface area (Å²) in [6, 6.07) is 5.98. The van der Waals surface area contributed by atoms with Gasteiger partial charge in [-0.2, -0.15) is 0 Å². The van der Waals surface area contributed by atoms with Gasteiger partial charge in [-0.3, -0.25) is 4.79 Å². The van der Waals surface area contributed by atoms with E-state index in [1.165, 1.54) is 6.92 Å². The lowest BCUT2D eigenvalue weighted by Crippen LogP contribution is -2.36. The van der Waals surface area contributed by atoms with Crippen LogP contribution < -0.4 is 5.32 Å². The van der Waals surface area contributed by atoms with Gasteiger partial charge in [0.1, 0.15) is 0 Å². The van der Waals surface area contributed by atoms with Crippen LogP contribution in [0.2, 0.25) is 0 Å². The second-order valence-corrected chi connectivity index (χ2v) is 4.74. The second-order valence-electron chi connectivity index (χ2n) is 4.74. The normalized spacial score (nSPS) is 14.1. The fourth-order valence-corrected chi connectivity index (χ4v) is 1.60. The number of hydrogen-bond acceptors (Lipinski definition) is 3. The Morgan fingerprint density at radius 2 is 2.06 bits per heavy atom. The predicted molar refractivity (Wildman–Crippen MR) is 67.3 cm³/mol. The summed E-state index contributed by atoms with van der Waals surface area (Å²) in [5.74, 6) is -1.00. The third kappa shape index (κ3) is 4.44. The van der Waals surface area contributed by atoms with E-state index in [9.17, 15) is 9.90 Å². The van der Waals surface area contributed by atoms with Crippen LogP contribution in [-0.2, 0) is 4.79 Å². The molecule has 0 amide bonds. The summed E-state index contributed by atoms with van der Waals surface area (Å²) in [6.45, 7) is 5.68. The Kier molecular flexibility index (Phi) is 4.12. The van der Waals surface area contributed by atoms with Gasteiger partial charge in [0.2, 0.25) is 0 Å². The first-order valence-electron chi connectivity index (χ1n) is 5.55. The topological polar surface area (TPSA) is 69.6 Å². The first-order valence-corrected chi connectivity index (χ1v) is 5.55. The van der Waals surface area contributed by atoms with Crippen molar-refractivity contribution >= 4 is 11.7 Å². The van der Waals surface area contributed by atoms with Crippen LogP contribution in [0.5, 0.6) is 0 Å². The average Bonchev–Trinajstić information content (AvgIpc) is 2.17. The molecule has 0 heterocycles. The molecule has 0 bridgehead atoms. The molecule has 1 aromatic rings. The minimum absolute atomic E-state index is 0.212.